The minimum Gasteiger partial charge on any atom is -0.465 e. The van der Waals surface area contributed by atoms with Crippen LogP contribution >= 0.6 is 23.2 Å². The molecule has 10 nitrogen and oxygen atoms in total. The molecule has 5 heterocycles. The molecule has 12 heteroatoms. The van der Waals surface area contributed by atoms with Crippen LogP contribution in [0.1, 0.15) is 48.1 Å². The molecule has 2 saturated heterocycles. The lowest BCUT2D eigenvalue weighted by Crippen LogP contribution is -2.64. The Morgan fingerprint density at radius 3 is 2.64 bits per heavy atom. The summed E-state index contributed by atoms with van der Waals surface area (Å²) in [4.78, 5) is 26.9. The van der Waals surface area contributed by atoms with E-state index < -0.39 is 11.8 Å². The molecule has 4 aliphatic rings. The number of halogens is 2. The second kappa shape index (κ2) is 11.0. The molecule has 0 N–H and O–H groups in total. The van der Waals surface area contributed by atoms with Crippen molar-refractivity contribution in [1.29, 1.82) is 0 Å². The molecule has 1 saturated carbocycles. The van der Waals surface area contributed by atoms with Crippen LogP contribution < -0.4 is 14.4 Å². The van der Waals surface area contributed by atoms with Gasteiger partial charge in [-0.15, -0.1) is 0 Å². The minimum absolute atomic E-state index is 0.117. The Hall–Kier alpha value is -3.57. The third kappa shape index (κ3) is 4.90. The summed E-state index contributed by atoms with van der Waals surface area (Å²) in [6.07, 6.45) is 4.90. The van der Waals surface area contributed by atoms with Gasteiger partial charge in [-0.1, -0.05) is 29.3 Å². The van der Waals surface area contributed by atoms with Crippen molar-refractivity contribution in [2.24, 2.45) is 0 Å². The number of esters is 1. The largest absolute Gasteiger partial charge is 0.465 e. The number of rotatable bonds is 7. The van der Waals surface area contributed by atoms with Crippen molar-refractivity contribution < 1.29 is 23.7 Å². The number of benzene rings is 2. The molecule has 0 amide bonds. The number of carbonyl (C=O) groups is 1. The number of ether oxygens (including phenoxy) is 4. The van der Waals surface area contributed by atoms with Gasteiger partial charge in [0.2, 0.25) is 0 Å². The molecular weight excluding hydrogens is 617 g/mol. The van der Waals surface area contributed by atoms with Crippen molar-refractivity contribution >= 4 is 45.9 Å². The summed E-state index contributed by atoms with van der Waals surface area (Å²) in [5.74, 6) is 0.914. The highest BCUT2D eigenvalue weighted by molar-refractivity contribution is 6.35. The van der Waals surface area contributed by atoms with E-state index in [9.17, 15) is 4.79 Å². The first kappa shape index (κ1) is 28.9. The maximum absolute atomic E-state index is 12.4. The number of nitrogens with zero attached hydrogens (tertiary/aromatic N) is 5. The van der Waals surface area contributed by atoms with Crippen LogP contribution in [0.25, 0.3) is 11.0 Å². The highest BCUT2D eigenvalue weighted by Gasteiger charge is 2.47. The van der Waals surface area contributed by atoms with Crippen LogP contribution in [-0.4, -0.2) is 70.4 Å². The van der Waals surface area contributed by atoms with E-state index in [-0.39, 0.29) is 6.10 Å². The monoisotopic (exact) mass is 649 g/mol. The first-order chi connectivity index (χ1) is 21.8. The van der Waals surface area contributed by atoms with Crippen molar-refractivity contribution in [3.63, 3.8) is 0 Å². The zero-order valence-corrected chi connectivity index (χ0v) is 26.6. The van der Waals surface area contributed by atoms with E-state index >= 15 is 0 Å². The smallest absolute Gasteiger partial charge is 0.337 e. The molecule has 234 valence electrons. The predicted octanol–water partition coefficient (Wildman–Crippen LogP) is 5.81. The molecule has 4 aromatic rings. The zero-order valence-electron chi connectivity index (χ0n) is 25.0. The molecule has 0 radical (unpaired) electrons. The molecule has 4 atom stereocenters. The second-order valence-electron chi connectivity index (χ2n) is 12.2. The van der Waals surface area contributed by atoms with Gasteiger partial charge in [0, 0.05) is 44.9 Å². The molecular formula is C33H33Cl2N5O5. The summed E-state index contributed by atoms with van der Waals surface area (Å²) in [5, 5.41) is 1.00. The number of para-hydroxylation sites is 1. The Morgan fingerprint density at radius 2 is 1.93 bits per heavy atom. The Labute approximate surface area is 270 Å². The van der Waals surface area contributed by atoms with Gasteiger partial charge in [-0.2, -0.15) is 0 Å². The van der Waals surface area contributed by atoms with Crippen molar-refractivity contribution in [2.75, 3.05) is 31.7 Å². The van der Waals surface area contributed by atoms with Gasteiger partial charge in [0.1, 0.15) is 17.0 Å². The Bertz CT molecular complexity index is 1790. The van der Waals surface area contributed by atoms with E-state index in [1.807, 2.05) is 31.2 Å². The van der Waals surface area contributed by atoms with Gasteiger partial charge in [0.15, 0.2) is 11.5 Å². The van der Waals surface area contributed by atoms with E-state index in [4.69, 9.17) is 47.1 Å². The minimum atomic E-state index is -1.04. The molecule has 45 heavy (non-hydrogen) atoms. The highest BCUT2D eigenvalue weighted by atomic mass is 35.5. The fraction of sp³-hybridized carbons (Fsp3) is 0.424. The van der Waals surface area contributed by atoms with Crippen molar-refractivity contribution in [3.8, 4) is 11.5 Å². The van der Waals surface area contributed by atoms with E-state index in [1.54, 1.807) is 18.3 Å². The number of anilines is 1. The first-order valence-corrected chi connectivity index (χ1v) is 16.1. The Kier molecular flexibility index (Phi) is 7.09. The van der Waals surface area contributed by atoms with Gasteiger partial charge in [-0.3, -0.25) is 9.88 Å². The average molecular weight is 651 g/mol. The molecule has 2 aromatic carbocycles. The van der Waals surface area contributed by atoms with Crippen molar-refractivity contribution in [3.05, 3.63) is 75.8 Å². The maximum Gasteiger partial charge on any atom is 0.337 e. The van der Waals surface area contributed by atoms with Crippen LogP contribution in [0, 0.1) is 0 Å². The number of methoxy groups -OCH3 is 1. The fourth-order valence-electron chi connectivity index (χ4n) is 7.01. The number of hydrogen-bond donors (Lipinski definition) is 0. The number of piperazine rings is 1. The number of pyridine rings is 1. The molecule has 8 rings (SSSR count). The topological polar surface area (TPSA) is 91.2 Å². The number of hydrogen-bond acceptors (Lipinski definition) is 9. The lowest BCUT2D eigenvalue weighted by atomic mass is 9.81. The molecule has 0 spiro atoms. The first-order valence-electron chi connectivity index (χ1n) is 15.3. The van der Waals surface area contributed by atoms with Gasteiger partial charge in [0.25, 0.3) is 5.79 Å². The lowest BCUT2D eigenvalue weighted by Gasteiger charge is -2.54. The summed E-state index contributed by atoms with van der Waals surface area (Å²) >= 11 is 12.8. The number of carbonyl (C=O) groups excluding carboxylic acids is 1. The molecule has 2 aromatic heterocycles. The van der Waals surface area contributed by atoms with Gasteiger partial charge in [-0.25, -0.2) is 9.78 Å². The van der Waals surface area contributed by atoms with Crippen LogP contribution in [0.2, 0.25) is 10.0 Å². The summed E-state index contributed by atoms with van der Waals surface area (Å²) in [7, 11) is 1.37. The fourth-order valence-corrected chi connectivity index (χ4v) is 7.38. The van der Waals surface area contributed by atoms with E-state index in [1.165, 1.54) is 7.11 Å². The molecule has 1 unspecified atom stereocenters. The third-order valence-electron chi connectivity index (χ3n) is 9.59. The van der Waals surface area contributed by atoms with Gasteiger partial charge >= 0.3 is 5.97 Å². The number of fused-ring (bicyclic) bond motifs is 3. The number of imidazole rings is 1. The summed E-state index contributed by atoms with van der Waals surface area (Å²) in [5.41, 5.74) is 3.63. The Morgan fingerprint density at radius 1 is 1.09 bits per heavy atom. The van der Waals surface area contributed by atoms with Crippen LogP contribution in [-0.2, 0) is 28.4 Å². The molecule has 3 aliphatic heterocycles. The van der Waals surface area contributed by atoms with Crippen LogP contribution in [0.15, 0.2) is 48.7 Å². The SMILES string of the molecule is COC(=O)c1cc(Cl)c2nc(CN3CCN(c4cccc5c4OC(C)(c4ccc(Cl)cn4)O5)[C@@H]4CC[C@H]43)n(C[C@@H]3CCO3)c2c1. The Balaban J connectivity index is 1.06. The molecule has 0 bridgehead atoms. The van der Waals surface area contributed by atoms with E-state index in [0.717, 1.165) is 61.7 Å². The average Bonchev–Trinajstić information content (AvgIpc) is 3.53. The third-order valence-corrected chi connectivity index (χ3v) is 10.1. The maximum atomic E-state index is 12.4. The van der Waals surface area contributed by atoms with Crippen LogP contribution in [0.5, 0.6) is 11.5 Å². The van der Waals surface area contributed by atoms with Crippen molar-refractivity contribution in [2.45, 2.75) is 63.3 Å². The zero-order chi connectivity index (χ0) is 30.9. The molecule has 1 aliphatic carbocycles. The standard InChI is InChI=1S/C33H33Cl2N5O5/c1-33(28-9-6-20(34)16-36-28)44-27-5-3-4-25(31(27)45-33)39-12-11-38(23-7-8-24(23)39)18-29-37-30-22(35)14-19(32(41)42-2)15-26(30)40(29)17-21-10-13-43-21/h3-6,9,14-16,21,23-24H,7-8,10-13,17-18H2,1-2H3/t21-,23+,24+,33?/m0/s1. The van der Waals surface area contributed by atoms with Gasteiger partial charge in [-0.05, 0) is 55.7 Å². The second-order valence-corrected chi connectivity index (χ2v) is 13.1. The lowest BCUT2D eigenvalue weighted by molar-refractivity contribution is -0.0717. The van der Waals surface area contributed by atoms with Crippen LogP contribution in [0.3, 0.4) is 0 Å². The summed E-state index contributed by atoms with van der Waals surface area (Å²) < 4.78 is 25.8. The quantitative estimate of drug-likeness (QED) is 0.230. The summed E-state index contributed by atoms with van der Waals surface area (Å²) in [6.45, 7) is 5.67. The van der Waals surface area contributed by atoms with Crippen LogP contribution in [0.4, 0.5) is 5.69 Å². The van der Waals surface area contributed by atoms with Gasteiger partial charge < -0.3 is 28.4 Å². The summed E-state index contributed by atoms with van der Waals surface area (Å²) in [6, 6.07) is 13.9. The normalized spacial score (nSPS) is 25.5. The molecule has 3 fully saturated rings. The number of aromatic nitrogens is 3. The highest BCUT2D eigenvalue weighted by Crippen LogP contribution is 2.51. The van der Waals surface area contributed by atoms with Crippen molar-refractivity contribution in [1.82, 2.24) is 19.4 Å². The van der Waals surface area contributed by atoms with Gasteiger partial charge in [0.05, 0.1) is 53.1 Å². The van der Waals surface area contributed by atoms with E-state index in [0.29, 0.717) is 57.7 Å². The van der Waals surface area contributed by atoms with E-state index in [2.05, 4.69) is 25.4 Å². The predicted molar refractivity (Wildman–Crippen MR) is 169 cm³/mol.